The molecule has 4 heterocycles. The minimum absolute atomic E-state index is 0.00487. The fourth-order valence-electron chi connectivity index (χ4n) is 4.22. The number of carbonyl (C=O) groups excluding carboxylic acids is 2. The number of hydrogen-bond acceptors (Lipinski definition) is 6. The quantitative estimate of drug-likeness (QED) is 0.775. The molecule has 2 aliphatic heterocycles. The van der Waals surface area contributed by atoms with Gasteiger partial charge in [-0.3, -0.25) is 14.6 Å². The van der Waals surface area contributed by atoms with Crippen LogP contribution in [0.5, 0.6) is 0 Å². The Morgan fingerprint density at radius 3 is 2.33 bits per heavy atom. The van der Waals surface area contributed by atoms with Gasteiger partial charge in [0.05, 0.1) is 29.2 Å². The van der Waals surface area contributed by atoms with Gasteiger partial charge in [0, 0.05) is 32.0 Å². The third-order valence-electron chi connectivity index (χ3n) is 5.93. The molecule has 2 amide bonds. The Kier molecular flexibility index (Phi) is 6.01. The van der Waals surface area contributed by atoms with Crippen molar-refractivity contribution in [3.8, 4) is 0 Å². The molecule has 8 heteroatoms. The molecule has 0 bridgehead atoms. The number of nitrogens with zero attached hydrogens (tertiary/aromatic N) is 6. The summed E-state index contributed by atoms with van der Waals surface area (Å²) in [4.78, 5) is 47.3. The summed E-state index contributed by atoms with van der Waals surface area (Å²) in [6.45, 7) is 5.91. The summed E-state index contributed by atoms with van der Waals surface area (Å²) in [6, 6.07) is -0.216. The molecule has 0 aliphatic carbocycles. The molecule has 2 saturated heterocycles. The number of piperidine rings is 2. The van der Waals surface area contributed by atoms with Crippen molar-refractivity contribution in [2.24, 2.45) is 0 Å². The maximum Gasteiger partial charge on any atom is 0.274 e. The molecular weight excluding hydrogens is 380 g/mol. The standard InChI is InChI=1S/C22H28N6O2/c1-15-12-24-18(14-23-15)22(30)28-11-7-4-8-19(28)20-25-13-17(16(2)26-20)21(29)27-9-5-3-6-10-27/h12-14,19H,3-11H2,1-2H3/t19-/m0/s1. The third-order valence-corrected chi connectivity index (χ3v) is 5.93. The van der Waals surface area contributed by atoms with Crippen molar-refractivity contribution in [3.05, 3.63) is 47.1 Å². The Morgan fingerprint density at radius 1 is 0.867 bits per heavy atom. The summed E-state index contributed by atoms with van der Waals surface area (Å²) >= 11 is 0. The van der Waals surface area contributed by atoms with Crippen LogP contribution in [0.2, 0.25) is 0 Å². The van der Waals surface area contributed by atoms with E-state index in [-0.39, 0.29) is 17.9 Å². The largest absolute Gasteiger partial charge is 0.339 e. The summed E-state index contributed by atoms with van der Waals surface area (Å²) in [5.41, 5.74) is 2.33. The second-order valence-electron chi connectivity index (χ2n) is 8.13. The Balaban J connectivity index is 1.56. The van der Waals surface area contributed by atoms with E-state index in [4.69, 9.17) is 0 Å². The van der Waals surface area contributed by atoms with Crippen LogP contribution in [-0.4, -0.2) is 61.2 Å². The van der Waals surface area contributed by atoms with Gasteiger partial charge in [-0.25, -0.2) is 15.0 Å². The lowest BCUT2D eigenvalue weighted by Gasteiger charge is -2.34. The van der Waals surface area contributed by atoms with Gasteiger partial charge in [-0.2, -0.15) is 0 Å². The summed E-state index contributed by atoms with van der Waals surface area (Å²) < 4.78 is 0. The molecule has 8 nitrogen and oxygen atoms in total. The van der Waals surface area contributed by atoms with Gasteiger partial charge in [0.1, 0.15) is 5.69 Å². The molecule has 0 spiro atoms. The number of aromatic nitrogens is 4. The zero-order valence-electron chi connectivity index (χ0n) is 17.7. The molecule has 2 aromatic heterocycles. The molecule has 30 heavy (non-hydrogen) atoms. The predicted octanol–water partition coefficient (Wildman–Crippen LogP) is 2.88. The van der Waals surface area contributed by atoms with E-state index in [1.54, 1.807) is 17.3 Å². The summed E-state index contributed by atoms with van der Waals surface area (Å²) in [5.74, 6) is 0.447. The lowest BCUT2D eigenvalue weighted by molar-refractivity contribution is 0.0591. The van der Waals surface area contributed by atoms with Crippen molar-refractivity contribution >= 4 is 11.8 Å². The fraction of sp³-hybridized carbons (Fsp3) is 0.545. The molecule has 0 radical (unpaired) electrons. The van der Waals surface area contributed by atoms with Crippen LogP contribution in [0.15, 0.2) is 18.6 Å². The van der Waals surface area contributed by atoms with E-state index in [1.165, 1.54) is 12.6 Å². The Hall–Kier alpha value is -2.90. The number of likely N-dealkylation sites (tertiary alicyclic amines) is 2. The SMILES string of the molecule is Cc1cnc(C(=O)N2CCCC[C@H]2c2ncc(C(=O)N3CCCCC3)c(C)n2)cn1. The molecule has 0 N–H and O–H groups in total. The Labute approximate surface area is 176 Å². The lowest BCUT2D eigenvalue weighted by atomic mass is 10.0. The number of amides is 2. The molecule has 1 atom stereocenters. The highest BCUT2D eigenvalue weighted by atomic mass is 16.2. The first kappa shape index (κ1) is 20.4. The van der Waals surface area contributed by atoms with Crippen LogP contribution in [0, 0.1) is 13.8 Å². The zero-order chi connectivity index (χ0) is 21.1. The zero-order valence-corrected chi connectivity index (χ0v) is 17.7. The van der Waals surface area contributed by atoms with E-state index in [9.17, 15) is 9.59 Å². The van der Waals surface area contributed by atoms with Crippen LogP contribution in [0.4, 0.5) is 0 Å². The number of hydrogen-bond donors (Lipinski definition) is 0. The topological polar surface area (TPSA) is 92.2 Å². The summed E-state index contributed by atoms with van der Waals surface area (Å²) in [6.07, 6.45) is 10.8. The summed E-state index contributed by atoms with van der Waals surface area (Å²) in [7, 11) is 0. The van der Waals surface area contributed by atoms with Crippen LogP contribution in [0.25, 0.3) is 0 Å². The first-order chi connectivity index (χ1) is 14.5. The van der Waals surface area contributed by atoms with Gasteiger partial charge in [0.2, 0.25) is 0 Å². The first-order valence-corrected chi connectivity index (χ1v) is 10.8. The average molecular weight is 409 g/mol. The molecule has 2 fully saturated rings. The van der Waals surface area contributed by atoms with Crippen molar-refractivity contribution in [2.45, 2.75) is 58.4 Å². The first-order valence-electron chi connectivity index (χ1n) is 10.8. The number of carbonyl (C=O) groups is 2. The average Bonchev–Trinajstić information content (AvgIpc) is 2.79. The monoisotopic (exact) mass is 408 g/mol. The minimum atomic E-state index is -0.216. The Morgan fingerprint density at radius 2 is 1.63 bits per heavy atom. The van der Waals surface area contributed by atoms with Gasteiger partial charge in [-0.1, -0.05) is 0 Å². The maximum absolute atomic E-state index is 13.1. The van der Waals surface area contributed by atoms with Crippen LogP contribution >= 0.6 is 0 Å². The van der Waals surface area contributed by atoms with Crippen molar-refractivity contribution in [1.82, 2.24) is 29.7 Å². The second kappa shape index (κ2) is 8.85. The molecule has 2 aromatic rings. The number of aryl methyl sites for hydroxylation is 2. The molecule has 0 unspecified atom stereocenters. The van der Waals surface area contributed by atoms with E-state index in [0.717, 1.165) is 50.9 Å². The van der Waals surface area contributed by atoms with Crippen LogP contribution in [0.3, 0.4) is 0 Å². The Bertz CT molecular complexity index is 924. The van der Waals surface area contributed by atoms with Crippen molar-refractivity contribution in [3.63, 3.8) is 0 Å². The maximum atomic E-state index is 13.1. The van der Waals surface area contributed by atoms with Gasteiger partial charge in [-0.15, -0.1) is 0 Å². The van der Waals surface area contributed by atoms with Gasteiger partial charge in [-0.05, 0) is 52.4 Å². The van der Waals surface area contributed by atoms with Crippen molar-refractivity contribution in [1.29, 1.82) is 0 Å². The van der Waals surface area contributed by atoms with Gasteiger partial charge < -0.3 is 9.80 Å². The highest BCUT2D eigenvalue weighted by molar-refractivity contribution is 5.95. The number of rotatable bonds is 3. The van der Waals surface area contributed by atoms with Crippen molar-refractivity contribution < 1.29 is 9.59 Å². The second-order valence-corrected chi connectivity index (χ2v) is 8.13. The minimum Gasteiger partial charge on any atom is -0.339 e. The fourth-order valence-corrected chi connectivity index (χ4v) is 4.22. The van der Waals surface area contributed by atoms with E-state index in [0.29, 0.717) is 29.3 Å². The smallest absolute Gasteiger partial charge is 0.274 e. The highest BCUT2D eigenvalue weighted by Crippen LogP contribution is 2.30. The molecule has 158 valence electrons. The van der Waals surface area contributed by atoms with Gasteiger partial charge >= 0.3 is 0 Å². The van der Waals surface area contributed by atoms with E-state index < -0.39 is 0 Å². The molecule has 4 rings (SSSR count). The van der Waals surface area contributed by atoms with Crippen LogP contribution < -0.4 is 0 Å². The molecular formula is C22H28N6O2. The third kappa shape index (κ3) is 4.17. The highest BCUT2D eigenvalue weighted by Gasteiger charge is 2.32. The molecule has 2 aliphatic rings. The van der Waals surface area contributed by atoms with E-state index in [1.807, 2.05) is 18.7 Å². The molecule has 0 saturated carbocycles. The van der Waals surface area contributed by atoms with E-state index in [2.05, 4.69) is 19.9 Å². The normalized spacial score (nSPS) is 19.6. The van der Waals surface area contributed by atoms with Crippen molar-refractivity contribution in [2.75, 3.05) is 19.6 Å². The van der Waals surface area contributed by atoms with Gasteiger partial charge in [0.25, 0.3) is 11.8 Å². The molecule has 0 aromatic carbocycles. The summed E-state index contributed by atoms with van der Waals surface area (Å²) in [5, 5.41) is 0. The van der Waals surface area contributed by atoms with Gasteiger partial charge in [0.15, 0.2) is 5.82 Å². The van der Waals surface area contributed by atoms with Crippen LogP contribution in [0.1, 0.15) is 82.6 Å². The predicted molar refractivity (Wildman–Crippen MR) is 111 cm³/mol. The van der Waals surface area contributed by atoms with Crippen LogP contribution in [-0.2, 0) is 0 Å². The lowest BCUT2D eigenvalue weighted by Crippen LogP contribution is -2.40. The van der Waals surface area contributed by atoms with E-state index >= 15 is 0 Å².